The third kappa shape index (κ3) is 13.2. The second-order valence-corrected chi connectivity index (χ2v) is 8.23. The number of unbranched alkanes of at least 4 members (excludes halogenated alkanes) is 9. The van der Waals surface area contributed by atoms with Crippen LogP contribution in [0.3, 0.4) is 0 Å². The van der Waals surface area contributed by atoms with Crippen molar-refractivity contribution >= 4 is 5.97 Å². The van der Waals surface area contributed by atoms with Gasteiger partial charge < -0.3 is 14.6 Å². The lowest BCUT2D eigenvalue weighted by Crippen LogP contribution is -2.38. The fourth-order valence-corrected chi connectivity index (χ4v) is 3.91. The van der Waals surface area contributed by atoms with Crippen molar-refractivity contribution in [2.75, 3.05) is 0 Å². The number of rotatable bonds is 17. The summed E-state index contributed by atoms with van der Waals surface area (Å²) in [5.74, 6) is -0.713. The molecule has 4 heteroatoms. The average molecular weight is 385 g/mol. The minimum absolute atomic E-state index is 0.131. The second kappa shape index (κ2) is 16.4. The summed E-state index contributed by atoms with van der Waals surface area (Å²) < 4.78 is 12.4. The Hall–Kier alpha value is -0.610. The molecule has 0 amide bonds. The Morgan fingerprint density at radius 1 is 0.741 bits per heavy atom. The van der Waals surface area contributed by atoms with Gasteiger partial charge in [0.05, 0.1) is 12.2 Å². The molecule has 1 aliphatic heterocycles. The van der Waals surface area contributed by atoms with Gasteiger partial charge in [-0.2, -0.15) is 0 Å². The summed E-state index contributed by atoms with van der Waals surface area (Å²) in [5, 5.41) is 8.79. The van der Waals surface area contributed by atoms with E-state index < -0.39 is 5.97 Å². The SMILES string of the molecule is CCCCCCC[C@H]1C[C@H](CCCCCCC)OC(CCCCC(=O)O)O1. The zero-order chi connectivity index (χ0) is 19.7. The van der Waals surface area contributed by atoms with Gasteiger partial charge in [-0.1, -0.05) is 78.1 Å². The molecule has 1 aliphatic rings. The Labute approximate surface area is 167 Å². The summed E-state index contributed by atoms with van der Waals surface area (Å²) >= 11 is 0. The summed E-state index contributed by atoms with van der Waals surface area (Å²) in [7, 11) is 0. The first-order chi connectivity index (χ1) is 13.2. The topological polar surface area (TPSA) is 55.8 Å². The van der Waals surface area contributed by atoms with Crippen LogP contribution < -0.4 is 0 Å². The quantitative estimate of drug-likeness (QED) is 0.278. The number of hydrogen-bond donors (Lipinski definition) is 1. The van der Waals surface area contributed by atoms with Crippen LogP contribution in [-0.2, 0) is 14.3 Å². The van der Waals surface area contributed by atoms with Gasteiger partial charge in [0, 0.05) is 6.42 Å². The molecule has 0 aliphatic carbocycles. The van der Waals surface area contributed by atoms with Gasteiger partial charge >= 0.3 is 5.97 Å². The van der Waals surface area contributed by atoms with Crippen LogP contribution in [-0.4, -0.2) is 29.6 Å². The first kappa shape index (κ1) is 24.4. The molecule has 0 spiro atoms. The molecule has 27 heavy (non-hydrogen) atoms. The number of carboxylic acid groups (broad SMARTS) is 1. The van der Waals surface area contributed by atoms with E-state index in [0.717, 1.165) is 32.1 Å². The maximum Gasteiger partial charge on any atom is 0.303 e. The molecule has 160 valence electrons. The van der Waals surface area contributed by atoms with Gasteiger partial charge in [0.25, 0.3) is 0 Å². The summed E-state index contributed by atoms with van der Waals surface area (Å²) in [4.78, 5) is 10.7. The number of carboxylic acids is 1. The standard InChI is InChI=1S/C23H44O4/c1-3-5-7-9-11-15-20-19-21(16-12-10-8-6-4-2)27-23(26-20)18-14-13-17-22(24)25/h20-21,23H,3-19H2,1-2H3,(H,24,25)/t20-,21-/m0/s1. The number of hydrogen-bond acceptors (Lipinski definition) is 3. The fraction of sp³-hybridized carbons (Fsp3) is 0.957. The Bertz CT molecular complexity index is 336. The van der Waals surface area contributed by atoms with Crippen LogP contribution in [0.15, 0.2) is 0 Å². The zero-order valence-corrected chi connectivity index (χ0v) is 17.9. The molecule has 1 rings (SSSR count). The van der Waals surface area contributed by atoms with Crippen LogP contribution in [0.4, 0.5) is 0 Å². The summed E-state index contributed by atoms with van der Waals surface area (Å²) in [6, 6.07) is 0. The van der Waals surface area contributed by atoms with Gasteiger partial charge in [0.2, 0.25) is 0 Å². The molecule has 0 aromatic heterocycles. The maximum absolute atomic E-state index is 10.7. The van der Waals surface area contributed by atoms with Crippen molar-refractivity contribution in [1.29, 1.82) is 0 Å². The number of ether oxygens (including phenoxy) is 2. The van der Waals surface area contributed by atoms with E-state index in [-0.39, 0.29) is 12.7 Å². The third-order valence-corrected chi connectivity index (χ3v) is 5.55. The Kier molecular flexibility index (Phi) is 14.8. The minimum atomic E-state index is -0.713. The highest BCUT2D eigenvalue weighted by molar-refractivity contribution is 5.66. The van der Waals surface area contributed by atoms with E-state index in [4.69, 9.17) is 14.6 Å². The van der Waals surface area contributed by atoms with E-state index in [1.54, 1.807) is 0 Å². The normalized spacial score (nSPS) is 22.8. The Balaban J connectivity index is 2.34. The minimum Gasteiger partial charge on any atom is -0.481 e. The molecule has 1 fully saturated rings. The molecular weight excluding hydrogens is 340 g/mol. The first-order valence-electron chi connectivity index (χ1n) is 11.7. The highest BCUT2D eigenvalue weighted by Gasteiger charge is 2.29. The van der Waals surface area contributed by atoms with Crippen LogP contribution in [0.5, 0.6) is 0 Å². The zero-order valence-electron chi connectivity index (χ0n) is 17.9. The Morgan fingerprint density at radius 2 is 1.22 bits per heavy atom. The van der Waals surface area contributed by atoms with Crippen molar-refractivity contribution in [3.8, 4) is 0 Å². The molecule has 0 bridgehead atoms. The maximum atomic E-state index is 10.7. The third-order valence-electron chi connectivity index (χ3n) is 5.55. The summed E-state index contributed by atoms with van der Waals surface area (Å²) in [6.07, 6.45) is 19.5. The molecule has 4 nitrogen and oxygen atoms in total. The summed E-state index contributed by atoms with van der Waals surface area (Å²) in [6.45, 7) is 4.50. The van der Waals surface area contributed by atoms with Crippen molar-refractivity contribution in [2.24, 2.45) is 0 Å². The van der Waals surface area contributed by atoms with E-state index in [2.05, 4.69) is 13.8 Å². The average Bonchev–Trinajstić information content (AvgIpc) is 2.65. The lowest BCUT2D eigenvalue weighted by atomic mass is 9.98. The van der Waals surface area contributed by atoms with Crippen molar-refractivity contribution in [3.63, 3.8) is 0 Å². The van der Waals surface area contributed by atoms with E-state index in [1.807, 2.05) is 0 Å². The molecule has 0 aromatic carbocycles. The van der Waals surface area contributed by atoms with E-state index in [0.29, 0.717) is 18.6 Å². The van der Waals surface area contributed by atoms with Crippen LogP contribution in [0.1, 0.15) is 123 Å². The van der Waals surface area contributed by atoms with E-state index >= 15 is 0 Å². The molecule has 0 radical (unpaired) electrons. The van der Waals surface area contributed by atoms with Gasteiger partial charge in [-0.25, -0.2) is 0 Å². The highest BCUT2D eigenvalue weighted by atomic mass is 16.7. The highest BCUT2D eigenvalue weighted by Crippen LogP contribution is 2.28. The molecule has 0 aromatic rings. The van der Waals surface area contributed by atoms with Gasteiger partial charge in [-0.15, -0.1) is 0 Å². The molecule has 1 N–H and O–H groups in total. The van der Waals surface area contributed by atoms with Crippen LogP contribution in [0, 0.1) is 0 Å². The predicted octanol–water partition coefficient (Wildman–Crippen LogP) is 6.85. The van der Waals surface area contributed by atoms with Gasteiger partial charge in [0.1, 0.15) is 0 Å². The fourth-order valence-electron chi connectivity index (χ4n) is 3.91. The molecule has 0 unspecified atom stereocenters. The van der Waals surface area contributed by atoms with Gasteiger partial charge in [-0.05, 0) is 38.5 Å². The van der Waals surface area contributed by atoms with Gasteiger partial charge in [-0.3, -0.25) is 4.79 Å². The molecule has 1 saturated heterocycles. The summed E-state index contributed by atoms with van der Waals surface area (Å²) in [5.41, 5.74) is 0. The number of aliphatic carboxylic acids is 1. The molecular formula is C23H44O4. The second-order valence-electron chi connectivity index (χ2n) is 8.23. The van der Waals surface area contributed by atoms with Crippen molar-refractivity contribution in [1.82, 2.24) is 0 Å². The largest absolute Gasteiger partial charge is 0.481 e. The van der Waals surface area contributed by atoms with Crippen molar-refractivity contribution < 1.29 is 19.4 Å². The van der Waals surface area contributed by atoms with Crippen LogP contribution >= 0.6 is 0 Å². The van der Waals surface area contributed by atoms with Crippen LogP contribution in [0.2, 0.25) is 0 Å². The number of carbonyl (C=O) groups is 1. The van der Waals surface area contributed by atoms with Crippen LogP contribution in [0.25, 0.3) is 0 Å². The van der Waals surface area contributed by atoms with Crippen molar-refractivity contribution in [3.05, 3.63) is 0 Å². The van der Waals surface area contributed by atoms with Gasteiger partial charge in [0.15, 0.2) is 6.29 Å². The lowest BCUT2D eigenvalue weighted by Gasteiger charge is -2.36. The molecule has 0 saturated carbocycles. The lowest BCUT2D eigenvalue weighted by molar-refractivity contribution is -0.247. The smallest absolute Gasteiger partial charge is 0.303 e. The Morgan fingerprint density at radius 3 is 1.70 bits per heavy atom. The first-order valence-corrected chi connectivity index (χ1v) is 11.7. The molecule has 1 heterocycles. The predicted molar refractivity (Wildman–Crippen MR) is 111 cm³/mol. The monoisotopic (exact) mass is 384 g/mol. The van der Waals surface area contributed by atoms with E-state index in [1.165, 1.54) is 64.2 Å². The van der Waals surface area contributed by atoms with Crippen molar-refractivity contribution in [2.45, 2.75) is 141 Å². The van der Waals surface area contributed by atoms with E-state index in [9.17, 15) is 4.79 Å². The molecule has 2 atom stereocenters.